The van der Waals surface area contributed by atoms with Gasteiger partial charge in [0.05, 0.1) is 5.69 Å². The second kappa shape index (κ2) is 8.43. The molecule has 0 amide bonds. The Bertz CT molecular complexity index is 579. The van der Waals surface area contributed by atoms with E-state index in [9.17, 15) is 5.11 Å². The molecule has 1 saturated heterocycles. The number of piperazine rings is 1. The monoisotopic (exact) mass is 345 g/mol. The summed E-state index contributed by atoms with van der Waals surface area (Å²) in [5, 5.41) is 13.5. The van der Waals surface area contributed by atoms with Crippen LogP contribution >= 0.6 is 0 Å². The first kappa shape index (κ1) is 17.9. The number of rotatable bonds is 6. The normalized spacial score (nSPS) is 18.8. The fraction of sp³-hybridized carbons (Fsp3) is 0.632. The van der Waals surface area contributed by atoms with Gasteiger partial charge in [0, 0.05) is 52.4 Å². The van der Waals surface area contributed by atoms with Gasteiger partial charge in [-0.25, -0.2) is 0 Å². The van der Waals surface area contributed by atoms with Crippen LogP contribution in [0.25, 0.3) is 0 Å². The number of hydrogen-bond donors (Lipinski definition) is 2. The summed E-state index contributed by atoms with van der Waals surface area (Å²) in [7, 11) is 1.86. The van der Waals surface area contributed by atoms with Crippen LogP contribution in [-0.2, 0) is 0 Å². The number of likely N-dealkylation sites (N-methyl/N-ethyl adjacent to an activating group) is 1. The molecule has 1 aromatic carbocycles. The van der Waals surface area contributed by atoms with E-state index in [-0.39, 0.29) is 0 Å². The molecule has 2 aliphatic rings. The maximum atomic E-state index is 10.0. The van der Waals surface area contributed by atoms with Crippen LogP contribution in [0.1, 0.15) is 19.8 Å². The standard InChI is InChI=1S/C19H31N5O/c1-3-22(16-8-9-16)11-10-21-19(20-2)24-14-12-23(13-15-24)17-6-4-5-7-18(17)25/h4-7,16,25H,3,8-15H2,1-2H3,(H,20,21). The molecule has 0 bridgehead atoms. The smallest absolute Gasteiger partial charge is 0.193 e. The molecule has 1 aromatic rings. The number of nitrogens with one attached hydrogen (secondary N) is 1. The maximum absolute atomic E-state index is 10.0. The molecule has 6 nitrogen and oxygen atoms in total. The van der Waals surface area contributed by atoms with Gasteiger partial charge in [0.2, 0.25) is 0 Å². The van der Waals surface area contributed by atoms with Gasteiger partial charge < -0.3 is 20.2 Å². The summed E-state index contributed by atoms with van der Waals surface area (Å²) in [4.78, 5) is 11.6. The summed E-state index contributed by atoms with van der Waals surface area (Å²) in [5.74, 6) is 1.35. The summed E-state index contributed by atoms with van der Waals surface area (Å²) < 4.78 is 0. The SMILES string of the molecule is CCN(CCNC(=NC)N1CCN(c2ccccc2O)CC1)C1CC1. The van der Waals surface area contributed by atoms with E-state index in [4.69, 9.17) is 0 Å². The van der Waals surface area contributed by atoms with Crippen LogP contribution in [0.2, 0.25) is 0 Å². The Labute approximate surface area is 151 Å². The Morgan fingerprint density at radius 1 is 1.24 bits per heavy atom. The minimum absolute atomic E-state index is 0.359. The van der Waals surface area contributed by atoms with Crippen LogP contribution < -0.4 is 10.2 Å². The summed E-state index contributed by atoms with van der Waals surface area (Å²) >= 11 is 0. The summed E-state index contributed by atoms with van der Waals surface area (Å²) in [6, 6.07) is 8.39. The molecule has 6 heteroatoms. The molecule has 1 aliphatic heterocycles. The van der Waals surface area contributed by atoms with Crippen LogP contribution in [0, 0.1) is 0 Å². The molecule has 0 spiro atoms. The van der Waals surface area contributed by atoms with Crippen LogP contribution in [0.4, 0.5) is 5.69 Å². The van der Waals surface area contributed by atoms with Gasteiger partial charge in [0.25, 0.3) is 0 Å². The van der Waals surface area contributed by atoms with Crippen molar-refractivity contribution in [2.75, 3.05) is 57.8 Å². The molecule has 3 rings (SSSR count). The molecule has 0 atom stereocenters. The quantitative estimate of drug-likeness (QED) is 0.606. The van der Waals surface area contributed by atoms with E-state index in [2.05, 4.69) is 31.9 Å². The van der Waals surface area contributed by atoms with E-state index < -0.39 is 0 Å². The number of para-hydroxylation sites is 2. The van der Waals surface area contributed by atoms with Crippen molar-refractivity contribution in [3.63, 3.8) is 0 Å². The largest absolute Gasteiger partial charge is 0.506 e. The highest BCUT2D eigenvalue weighted by Crippen LogP contribution is 2.27. The molecule has 138 valence electrons. The number of benzene rings is 1. The number of aromatic hydroxyl groups is 1. The van der Waals surface area contributed by atoms with Crippen LogP contribution in [-0.4, -0.2) is 79.8 Å². The highest BCUT2D eigenvalue weighted by molar-refractivity contribution is 5.80. The van der Waals surface area contributed by atoms with E-state index >= 15 is 0 Å². The van der Waals surface area contributed by atoms with Gasteiger partial charge >= 0.3 is 0 Å². The number of phenolic OH excluding ortho intramolecular Hbond substituents is 1. The van der Waals surface area contributed by atoms with Crippen LogP contribution in [0.15, 0.2) is 29.3 Å². The number of aliphatic imine (C=N–C) groups is 1. The third kappa shape index (κ3) is 4.57. The maximum Gasteiger partial charge on any atom is 0.193 e. The van der Waals surface area contributed by atoms with Crippen molar-refractivity contribution in [3.05, 3.63) is 24.3 Å². The van der Waals surface area contributed by atoms with Crippen molar-refractivity contribution >= 4 is 11.6 Å². The zero-order valence-corrected chi connectivity index (χ0v) is 15.5. The number of hydrogen-bond acceptors (Lipinski definition) is 4. The van der Waals surface area contributed by atoms with E-state index in [1.165, 1.54) is 12.8 Å². The van der Waals surface area contributed by atoms with Crippen molar-refractivity contribution in [1.82, 2.24) is 15.1 Å². The topological polar surface area (TPSA) is 54.3 Å². The van der Waals surface area contributed by atoms with E-state index in [0.717, 1.165) is 63.5 Å². The first-order valence-electron chi connectivity index (χ1n) is 9.45. The number of guanidine groups is 1. The Balaban J connectivity index is 1.46. The van der Waals surface area contributed by atoms with Crippen LogP contribution in [0.3, 0.4) is 0 Å². The molecule has 0 unspecified atom stereocenters. The average Bonchev–Trinajstić information content (AvgIpc) is 3.48. The predicted molar refractivity (Wildman–Crippen MR) is 104 cm³/mol. The van der Waals surface area contributed by atoms with Gasteiger partial charge in [-0.15, -0.1) is 0 Å². The zero-order valence-electron chi connectivity index (χ0n) is 15.5. The first-order chi connectivity index (χ1) is 12.2. The first-order valence-corrected chi connectivity index (χ1v) is 9.45. The van der Waals surface area contributed by atoms with Gasteiger partial charge in [-0.2, -0.15) is 0 Å². The minimum atomic E-state index is 0.359. The van der Waals surface area contributed by atoms with Crippen molar-refractivity contribution < 1.29 is 5.11 Å². The molecule has 0 aromatic heterocycles. The average molecular weight is 345 g/mol. The zero-order chi connectivity index (χ0) is 17.6. The number of phenols is 1. The van der Waals surface area contributed by atoms with Gasteiger partial charge in [-0.1, -0.05) is 19.1 Å². The summed E-state index contributed by atoms with van der Waals surface area (Å²) in [6.07, 6.45) is 2.72. The molecule has 2 fully saturated rings. The predicted octanol–water partition coefficient (Wildman–Crippen LogP) is 1.57. The molecule has 1 saturated carbocycles. The Kier molecular flexibility index (Phi) is 6.02. The molecule has 1 aliphatic carbocycles. The third-order valence-electron chi connectivity index (χ3n) is 5.17. The lowest BCUT2D eigenvalue weighted by atomic mass is 10.2. The molecular formula is C19H31N5O. The Hall–Kier alpha value is -1.95. The molecular weight excluding hydrogens is 314 g/mol. The van der Waals surface area contributed by atoms with Crippen molar-refractivity contribution in [2.24, 2.45) is 4.99 Å². The van der Waals surface area contributed by atoms with Crippen molar-refractivity contribution in [1.29, 1.82) is 0 Å². The molecule has 2 N–H and O–H groups in total. The Morgan fingerprint density at radius 3 is 2.56 bits per heavy atom. The lowest BCUT2D eigenvalue weighted by Gasteiger charge is -2.38. The Morgan fingerprint density at radius 2 is 1.96 bits per heavy atom. The van der Waals surface area contributed by atoms with Gasteiger partial charge in [-0.05, 0) is 31.5 Å². The van der Waals surface area contributed by atoms with Crippen LogP contribution in [0.5, 0.6) is 5.75 Å². The molecule has 0 radical (unpaired) electrons. The molecule has 1 heterocycles. The van der Waals surface area contributed by atoms with Gasteiger partial charge in [-0.3, -0.25) is 9.89 Å². The van der Waals surface area contributed by atoms with E-state index in [1.54, 1.807) is 6.07 Å². The van der Waals surface area contributed by atoms with Gasteiger partial charge in [0.1, 0.15) is 5.75 Å². The fourth-order valence-corrected chi connectivity index (χ4v) is 3.57. The van der Waals surface area contributed by atoms with E-state index in [1.807, 2.05) is 25.2 Å². The molecule has 25 heavy (non-hydrogen) atoms. The summed E-state index contributed by atoms with van der Waals surface area (Å²) in [5.41, 5.74) is 0.924. The lowest BCUT2D eigenvalue weighted by Crippen LogP contribution is -2.53. The second-order valence-corrected chi connectivity index (χ2v) is 6.80. The van der Waals surface area contributed by atoms with E-state index in [0.29, 0.717) is 5.75 Å². The van der Waals surface area contributed by atoms with Gasteiger partial charge in [0.15, 0.2) is 5.96 Å². The number of anilines is 1. The van der Waals surface area contributed by atoms with Crippen molar-refractivity contribution in [2.45, 2.75) is 25.8 Å². The minimum Gasteiger partial charge on any atom is -0.506 e. The van der Waals surface area contributed by atoms with Crippen molar-refractivity contribution in [3.8, 4) is 5.75 Å². The number of nitrogens with zero attached hydrogens (tertiary/aromatic N) is 4. The third-order valence-corrected chi connectivity index (χ3v) is 5.17. The fourth-order valence-electron chi connectivity index (χ4n) is 3.57. The second-order valence-electron chi connectivity index (χ2n) is 6.80. The lowest BCUT2D eigenvalue weighted by molar-refractivity contribution is 0.279. The highest BCUT2D eigenvalue weighted by Gasteiger charge is 2.27. The highest BCUT2D eigenvalue weighted by atomic mass is 16.3. The summed E-state index contributed by atoms with van der Waals surface area (Å²) in [6.45, 7) is 9.00.